The SMILES string of the molecule is Cn1cc(N2C[C@]3(CCN(C(=O)c4cnccn4)C3)CC2=O)cn1. The molecule has 0 aliphatic carbocycles. The second-order valence-corrected chi connectivity index (χ2v) is 6.60. The van der Waals surface area contributed by atoms with Crippen molar-refractivity contribution in [3.05, 3.63) is 36.7 Å². The Kier molecular flexibility index (Phi) is 3.33. The van der Waals surface area contributed by atoms with Gasteiger partial charge in [-0.15, -0.1) is 0 Å². The van der Waals surface area contributed by atoms with Gasteiger partial charge in [-0.05, 0) is 6.42 Å². The van der Waals surface area contributed by atoms with E-state index in [9.17, 15) is 9.59 Å². The molecule has 2 aliphatic heterocycles. The molecule has 0 aromatic carbocycles. The van der Waals surface area contributed by atoms with E-state index >= 15 is 0 Å². The summed E-state index contributed by atoms with van der Waals surface area (Å²) in [5.41, 5.74) is 0.992. The molecule has 2 aliphatic rings. The molecule has 0 saturated carbocycles. The highest BCUT2D eigenvalue weighted by molar-refractivity contribution is 5.97. The third kappa shape index (κ3) is 2.44. The van der Waals surface area contributed by atoms with Gasteiger partial charge in [-0.25, -0.2) is 4.98 Å². The van der Waals surface area contributed by atoms with Crippen molar-refractivity contribution in [3.8, 4) is 0 Å². The summed E-state index contributed by atoms with van der Waals surface area (Å²) >= 11 is 0. The summed E-state index contributed by atoms with van der Waals surface area (Å²) < 4.78 is 1.69. The average molecular weight is 326 g/mol. The van der Waals surface area contributed by atoms with Gasteiger partial charge in [-0.3, -0.25) is 19.3 Å². The lowest BCUT2D eigenvalue weighted by Gasteiger charge is -2.23. The normalized spacial score (nSPS) is 23.5. The van der Waals surface area contributed by atoms with Crippen molar-refractivity contribution in [2.75, 3.05) is 24.5 Å². The molecule has 0 unspecified atom stereocenters. The molecule has 4 rings (SSSR count). The predicted octanol–water partition coefficient (Wildman–Crippen LogP) is 0.479. The third-order valence-corrected chi connectivity index (χ3v) is 4.83. The van der Waals surface area contributed by atoms with E-state index in [0.29, 0.717) is 31.7 Å². The summed E-state index contributed by atoms with van der Waals surface area (Å²) in [6, 6.07) is 0. The van der Waals surface area contributed by atoms with Crippen molar-refractivity contribution in [1.29, 1.82) is 0 Å². The Morgan fingerprint density at radius 3 is 2.83 bits per heavy atom. The van der Waals surface area contributed by atoms with Gasteiger partial charge < -0.3 is 9.80 Å². The maximum absolute atomic E-state index is 12.5. The van der Waals surface area contributed by atoms with Crippen LogP contribution in [0.4, 0.5) is 5.69 Å². The van der Waals surface area contributed by atoms with Gasteiger partial charge in [0.2, 0.25) is 5.91 Å². The molecule has 0 radical (unpaired) electrons. The quantitative estimate of drug-likeness (QED) is 0.801. The van der Waals surface area contributed by atoms with Crippen molar-refractivity contribution in [2.24, 2.45) is 12.5 Å². The zero-order valence-corrected chi connectivity index (χ0v) is 13.4. The first-order valence-corrected chi connectivity index (χ1v) is 7.91. The Bertz CT molecular complexity index is 789. The summed E-state index contributed by atoms with van der Waals surface area (Å²) in [5, 5.41) is 4.14. The van der Waals surface area contributed by atoms with Crippen molar-refractivity contribution >= 4 is 17.5 Å². The van der Waals surface area contributed by atoms with Crippen LogP contribution in [0.5, 0.6) is 0 Å². The van der Waals surface area contributed by atoms with Crippen molar-refractivity contribution in [2.45, 2.75) is 12.8 Å². The molecule has 0 bridgehead atoms. The van der Waals surface area contributed by atoms with E-state index in [1.807, 2.05) is 13.2 Å². The summed E-state index contributed by atoms with van der Waals surface area (Å²) in [6.45, 7) is 1.84. The molecule has 24 heavy (non-hydrogen) atoms. The monoisotopic (exact) mass is 326 g/mol. The van der Waals surface area contributed by atoms with E-state index in [2.05, 4.69) is 15.1 Å². The predicted molar refractivity (Wildman–Crippen MR) is 85.2 cm³/mol. The third-order valence-electron chi connectivity index (χ3n) is 4.83. The molecule has 2 fully saturated rings. The van der Waals surface area contributed by atoms with Crippen molar-refractivity contribution in [3.63, 3.8) is 0 Å². The lowest BCUT2D eigenvalue weighted by Crippen LogP contribution is -2.34. The molecule has 2 saturated heterocycles. The Labute approximate surface area is 139 Å². The Morgan fingerprint density at radius 1 is 1.25 bits per heavy atom. The van der Waals surface area contributed by atoms with Crippen LogP contribution in [0.2, 0.25) is 0 Å². The number of hydrogen-bond acceptors (Lipinski definition) is 5. The van der Waals surface area contributed by atoms with Crippen LogP contribution in [-0.2, 0) is 11.8 Å². The zero-order valence-electron chi connectivity index (χ0n) is 13.4. The van der Waals surface area contributed by atoms with Crippen LogP contribution in [-0.4, -0.2) is 56.1 Å². The minimum atomic E-state index is -0.176. The van der Waals surface area contributed by atoms with Gasteiger partial charge in [0.25, 0.3) is 5.91 Å². The van der Waals surface area contributed by atoms with E-state index < -0.39 is 0 Å². The maximum Gasteiger partial charge on any atom is 0.274 e. The van der Waals surface area contributed by atoms with Crippen LogP contribution in [0.3, 0.4) is 0 Å². The van der Waals surface area contributed by atoms with Crippen LogP contribution in [0.15, 0.2) is 31.0 Å². The molecule has 2 aromatic rings. The topological polar surface area (TPSA) is 84.2 Å². The Balaban J connectivity index is 1.50. The standard InChI is InChI=1S/C16H18N6O2/c1-20-9-12(7-19-20)22-11-16(6-14(22)23)2-5-21(10-16)15(24)13-8-17-3-4-18-13/h3-4,7-9H,2,5-6,10-11H2,1H3/t16-/m1/s1. The van der Waals surface area contributed by atoms with Crippen molar-refractivity contribution < 1.29 is 9.59 Å². The highest BCUT2D eigenvalue weighted by atomic mass is 16.2. The molecule has 0 N–H and O–H groups in total. The summed E-state index contributed by atoms with van der Waals surface area (Å²) in [6.07, 6.45) is 9.37. The number of likely N-dealkylation sites (tertiary alicyclic amines) is 1. The van der Waals surface area contributed by atoms with E-state index in [1.165, 1.54) is 12.4 Å². The van der Waals surface area contributed by atoms with Gasteiger partial charge in [0, 0.05) is 57.1 Å². The van der Waals surface area contributed by atoms with Crippen LogP contribution in [0.25, 0.3) is 0 Å². The number of carbonyl (C=O) groups is 2. The van der Waals surface area contributed by atoms with Gasteiger partial charge in [0.15, 0.2) is 0 Å². The number of rotatable bonds is 2. The number of carbonyl (C=O) groups excluding carboxylic acids is 2. The van der Waals surface area contributed by atoms with E-state index in [4.69, 9.17) is 0 Å². The molecule has 2 aromatic heterocycles. The number of aryl methyl sites for hydroxylation is 1. The number of anilines is 1. The van der Waals surface area contributed by atoms with Crippen LogP contribution < -0.4 is 4.90 Å². The van der Waals surface area contributed by atoms with Gasteiger partial charge >= 0.3 is 0 Å². The first kappa shape index (κ1) is 14.8. The molecule has 8 heteroatoms. The lowest BCUT2D eigenvalue weighted by atomic mass is 9.86. The number of aromatic nitrogens is 4. The molecule has 1 spiro atoms. The minimum Gasteiger partial charge on any atom is -0.337 e. The highest BCUT2D eigenvalue weighted by Crippen LogP contribution is 2.41. The number of hydrogen-bond donors (Lipinski definition) is 0. The van der Waals surface area contributed by atoms with E-state index in [0.717, 1.165) is 12.1 Å². The molecule has 8 nitrogen and oxygen atoms in total. The lowest BCUT2D eigenvalue weighted by molar-refractivity contribution is -0.117. The first-order valence-electron chi connectivity index (χ1n) is 7.91. The summed E-state index contributed by atoms with van der Waals surface area (Å²) in [4.78, 5) is 36.6. The summed E-state index contributed by atoms with van der Waals surface area (Å²) in [7, 11) is 1.83. The van der Waals surface area contributed by atoms with E-state index in [1.54, 1.807) is 26.9 Å². The fourth-order valence-corrected chi connectivity index (χ4v) is 3.63. The number of amides is 2. The Morgan fingerprint density at radius 2 is 2.12 bits per heavy atom. The van der Waals surface area contributed by atoms with Crippen LogP contribution in [0.1, 0.15) is 23.3 Å². The zero-order chi connectivity index (χ0) is 16.7. The fourth-order valence-electron chi connectivity index (χ4n) is 3.63. The molecule has 124 valence electrons. The fraction of sp³-hybridized carbons (Fsp3) is 0.438. The number of nitrogens with zero attached hydrogens (tertiary/aromatic N) is 6. The second kappa shape index (κ2) is 5.40. The van der Waals surface area contributed by atoms with Gasteiger partial charge in [0.1, 0.15) is 5.69 Å². The van der Waals surface area contributed by atoms with Gasteiger partial charge in [-0.1, -0.05) is 0 Å². The van der Waals surface area contributed by atoms with Crippen molar-refractivity contribution in [1.82, 2.24) is 24.6 Å². The van der Waals surface area contributed by atoms with E-state index in [-0.39, 0.29) is 17.2 Å². The molecule has 4 heterocycles. The van der Waals surface area contributed by atoms with Gasteiger partial charge in [-0.2, -0.15) is 5.10 Å². The maximum atomic E-state index is 12.5. The molecular weight excluding hydrogens is 308 g/mol. The molecule has 2 amide bonds. The van der Waals surface area contributed by atoms with Crippen LogP contribution >= 0.6 is 0 Å². The molecular formula is C16H18N6O2. The first-order chi connectivity index (χ1) is 11.6. The molecule has 1 atom stereocenters. The average Bonchev–Trinajstić information content (AvgIpc) is 3.27. The smallest absolute Gasteiger partial charge is 0.274 e. The second-order valence-electron chi connectivity index (χ2n) is 6.60. The van der Waals surface area contributed by atoms with Gasteiger partial charge in [0.05, 0.1) is 18.1 Å². The Hall–Kier alpha value is -2.77. The summed E-state index contributed by atoms with van der Waals surface area (Å²) in [5.74, 6) is -0.0240. The largest absolute Gasteiger partial charge is 0.337 e. The minimum absolute atomic E-state index is 0.0943. The van der Waals surface area contributed by atoms with Crippen LogP contribution in [0, 0.1) is 5.41 Å². The highest BCUT2D eigenvalue weighted by Gasteiger charge is 2.49.